The number of nitrogens with zero attached hydrogens (tertiary/aromatic N) is 2. The molecule has 2 aliphatic heterocycles. The lowest BCUT2D eigenvalue weighted by molar-refractivity contribution is -0.135. The van der Waals surface area contributed by atoms with Crippen LogP contribution in [0.15, 0.2) is 30.3 Å². The second-order valence-corrected chi connectivity index (χ2v) is 5.67. The van der Waals surface area contributed by atoms with Gasteiger partial charge in [0, 0.05) is 38.8 Å². The van der Waals surface area contributed by atoms with Gasteiger partial charge in [-0.25, -0.2) is 0 Å². The molecule has 5 nitrogen and oxygen atoms in total. The number of rotatable bonds is 4. The molecule has 0 aromatic heterocycles. The average Bonchev–Trinajstić information content (AvgIpc) is 3.08. The molecular weight excluding hydrogens is 302 g/mol. The number of benzene rings is 1. The molecule has 2 aliphatic rings. The standard InChI is InChI=1S/C16H23N3O2.ClH/c20-16(13-21-15-4-2-1-3-5-15)19-10-8-18(9-11-19)14-6-7-17-12-14;/h1-5,14,17H,6-13H2;1H. The Kier molecular flexibility index (Phi) is 6.49. The van der Waals surface area contributed by atoms with Gasteiger partial charge in [0.05, 0.1) is 0 Å². The van der Waals surface area contributed by atoms with Crippen molar-refractivity contribution < 1.29 is 9.53 Å². The zero-order valence-corrected chi connectivity index (χ0v) is 13.6. The normalized spacial score (nSPS) is 22.2. The van der Waals surface area contributed by atoms with Crippen LogP contribution in [0.5, 0.6) is 5.75 Å². The molecule has 22 heavy (non-hydrogen) atoms. The zero-order valence-electron chi connectivity index (χ0n) is 12.7. The number of piperazine rings is 1. The van der Waals surface area contributed by atoms with Gasteiger partial charge < -0.3 is 15.0 Å². The molecule has 1 unspecified atom stereocenters. The number of para-hydroxylation sites is 1. The fourth-order valence-corrected chi connectivity index (χ4v) is 3.04. The number of nitrogens with one attached hydrogen (secondary N) is 1. The lowest BCUT2D eigenvalue weighted by atomic mass is 10.2. The van der Waals surface area contributed by atoms with Gasteiger partial charge in [-0.1, -0.05) is 18.2 Å². The van der Waals surface area contributed by atoms with Gasteiger partial charge in [-0.3, -0.25) is 9.69 Å². The second kappa shape index (κ2) is 8.36. The summed E-state index contributed by atoms with van der Waals surface area (Å²) in [5, 5.41) is 3.40. The Morgan fingerprint density at radius 1 is 1.18 bits per heavy atom. The monoisotopic (exact) mass is 325 g/mol. The highest BCUT2D eigenvalue weighted by atomic mass is 35.5. The average molecular weight is 326 g/mol. The predicted molar refractivity (Wildman–Crippen MR) is 88.6 cm³/mol. The molecular formula is C16H24ClN3O2. The lowest BCUT2D eigenvalue weighted by Crippen LogP contribution is -2.53. The molecule has 1 atom stereocenters. The molecule has 0 radical (unpaired) electrons. The number of carbonyl (C=O) groups is 1. The van der Waals surface area contributed by atoms with Gasteiger partial charge in [0.2, 0.25) is 0 Å². The van der Waals surface area contributed by atoms with E-state index in [1.165, 1.54) is 6.42 Å². The number of hydrogen-bond donors (Lipinski definition) is 1. The van der Waals surface area contributed by atoms with Gasteiger partial charge in [-0.05, 0) is 25.1 Å². The maximum atomic E-state index is 12.2. The van der Waals surface area contributed by atoms with E-state index in [1.54, 1.807) is 0 Å². The van der Waals surface area contributed by atoms with Crippen LogP contribution in [-0.2, 0) is 4.79 Å². The Morgan fingerprint density at radius 2 is 1.91 bits per heavy atom. The van der Waals surface area contributed by atoms with Crippen molar-refractivity contribution in [1.82, 2.24) is 15.1 Å². The largest absolute Gasteiger partial charge is 0.484 e. The summed E-state index contributed by atoms with van der Waals surface area (Å²) in [5.41, 5.74) is 0. The highest BCUT2D eigenvalue weighted by Gasteiger charge is 2.27. The van der Waals surface area contributed by atoms with E-state index >= 15 is 0 Å². The minimum atomic E-state index is 0. The molecule has 6 heteroatoms. The molecule has 1 N–H and O–H groups in total. The molecule has 2 saturated heterocycles. The minimum Gasteiger partial charge on any atom is -0.484 e. The summed E-state index contributed by atoms with van der Waals surface area (Å²) in [4.78, 5) is 16.6. The van der Waals surface area contributed by atoms with Crippen molar-refractivity contribution >= 4 is 18.3 Å². The molecule has 0 aliphatic carbocycles. The van der Waals surface area contributed by atoms with E-state index in [0.29, 0.717) is 6.04 Å². The molecule has 0 spiro atoms. The maximum Gasteiger partial charge on any atom is 0.260 e. The quantitative estimate of drug-likeness (QED) is 0.897. The van der Waals surface area contributed by atoms with Crippen molar-refractivity contribution in [3.63, 3.8) is 0 Å². The third-order valence-electron chi connectivity index (χ3n) is 4.32. The summed E-state index contributed by atoms with van der Waals surface area (Å²) in [5.74, 6) is 0.838. The second-order valence-electron chi connectivity index (χ2n) is 5.67. The Labute approximate surface area is 138 Å². The number of hydrogen-bond acceptors (Lipinski definition) is 4. The fourth-order valence-electron chi connectivity index (χ4n) is 3.04. The van der Waals surface area contributed by atoms with Crippen LogP contribution in [0.1, 0.15) is 6.42 Å². The number of halogens is 1. The molecule has 1 aromatic rings. The molecule has 0 bridgehead atoms. The maximum absolute atomic E-state index is 12.2. The van der Waals surface area contributed by atoms with E-state index in [1.807, 2.05) is 35.2 Å². The fraction of sp³-hybridized carbons (Fsp3) is 0.562. The topological polar surface area (TPSA) is 44.8 Å². The van der Waals surface area contributed by atoms with Crippen LogP contribution in [0.3, 0.4) is 0 Å². The first-order chi connectivity index (χ1) is 10.3. The van der Waals surface area contributed by atoms with Gasteiger partial charge >= 0.3 is 0 Å². The number of amides is 1. The van der Waals surface area contributed by atoms with Gasteiger partial charge in [0.15, 0.2) is 6.61 Å². The molecule has 0 saturated carbocycles. The molecule has 3 rings (SSSR count). The first kappa shape index (κ1) is 17.1. The molecule has 2 heterocycles. The predicted octanol–water partition coefficient (Wildman–Crippen LogP) is 0.993. The van der Waals surface area contributed by atoms with E-state index in [2.05, 4.69) is 10.2 Å². The first-order valence-corrected chi connectivity index (χ1v) is 7.73. The molecule has 1 amide bonds. The van der Waals surface area contributed by atoms with Crippen molar-refractivity contribution in [3.05, 3.63) is 30.3 Å². The molecule has 1 aromatic carbocycles. The van der Waals surface area contributed by atoms with Crippen molar-refractivity contribution in [2.75, 3.05) is 45.9 Å². The van der Waals surface area contributed by atoms with Crippen LogP contribution < -0.4 is 10.1 Å². The zero-order chi connectivity index (χ0) is 14.5. The minimum absolute atomic E-state index is 0. The number of carbonyl (C=O) groups excluding carboxylic acids is 1. The Bertz CT molecular complexity index is 458. The van der Waals surface area contributed by atoms with Gasteiger partial charge in [0.25, 0.3) is 5.91 Å². The molecule has 122 valence electrons. The van der Waals surface area contributed by atoms with Crippen LogP contribution >= 0.6 is 12.4 Å². The van der Waals surface area contributed by atoms with Crippen LogP contribution in [0.4, 0.5) is 0 Å². The SMILES string of the molecule is Cl.O=C(COc1ccccc1)N1CCN(C2CCNC2)CC1. The first-order valence-electron chi connectivity index (χ1n) is 7.73. The Morgan fingerprint density at radius 3 is 2.55 bits per heavy atom. The number of ether oxygens (including phenoxy) is 1. The Balaban J connectivity index is 0.00000176. The third kappa shape index (κ3) is 4.35. The van der Waals surface area contributed by atoms with E-state index in [-0.39, 0.29) is 24.9 Å². The summed E-state index contributed by atoms with van der Waals surface area (Å²) in [6, 6.07) is 10.2. The van der Waals surface area contributed by atoms with E-state index in [9.17, 15) is 4.79 Å². The van der Waals surface area contributed by atoms with Gasteiger partial charge in [-0.15, -0.1) is 12.4 Å². The van der Waals surface area contributed by atoms with Crippen LogP contribution in [-0.4, -0.2) is 67.6 Å². The van der Waals surface area contributed by atoms with Gasteiger partial charge in [-0.2, -0.15) is 0 Å². The van der Waals surface area contributed by atoms with E-state index in [0.717, 1.165) is 45.0 Å². The van der Waals surface area contributed by atoms with Crippen LogP contribution in [0.25, 0.3) is 0 Å². The summed E-state index contributed by atoms with van der Waals surface area (Å²) in [7, 11) is 0. The van der Waals surface area contributed by atoms with Crippen molar-refractivity contribution in [2.24, 2.45) is 0 Å². The van der Waals surface area contributed by atoms with E-state index < -0.39 is 0 Å². The van der Waals surface area contributed by atoms with Crippen LogP contribution in [0, 0.1) is 0 Å². The van der Waals surface area contributed by atoms with Gasteiger partial charge in [0.1, 0.15) is 5.75 Å². The molecule has 2 fully saturated rings. The lowest BCUT2D eigenvalue weighted by Gasteiger charge is -2.37. The Hall–Kier alpha value is -1.30. The van der Waals surface area contributed by atoms with Crippen LogP contribution in [0.2, 0.25) is 0 Å². The third-order valence-corrected chi connectivity index (χ3v) is 4.32. The summed E-state index contributed by atoms with van der Waals surface area (Å²) >= 11 is 0. The van der Waals surface area contributed by atoms with Crippen molar-refractivity contribution in [3.8, 4) is 5.75 Å². The highest BCUT2D eigenvalue weighted by molar-refractivity contribution is 5.85. The highest BCUT2D eigenvalue weighted by Crippen LogP contribution is 2.13. The van der Waals surface area contributed by atoms with Crippen molar-refractivity contribution in [1.29, 1.82) is 0 Å². The summed E-state index contributed by atoms with van der Waals surface area (Å²) in [6.45, 7) is 5.92. The summed E-state index contributed by atoms with van der Waals surface area (Å²) in [6.07, 6.45) is 1.23. The van der Waals surface area contributed by atoms with Crippen molar-refractivity contribution in [2.45, 2.75) is 12.5 Å². The summed E-state index contributed by atoms with van der Waals surface area (Å²) < 4.78 is 5.53. The smallest absolute Gasteiger partial charge is 0.260 e. The van der Waals surface area contributed by atoms with E-state index in [4.69, 9.17) is 4.74 Å².